The number of phenols is 1. The predicted molar refractivity (Wildman–Crippen MR) is 99.9 cm³/mol. The van der Waals surface area contributed by atoms with Crippen molar-refractivity contribution in [3.8, 4) is 11.5 Å². The minimum Gasteiger partial charge on any atom is -0.507 e. The first kappa shape index (κ1) is 17.8. The molecule has 0 radical (unpaired) electrons. The number of aryl methyl sites for hydroxylation is 1. The van der Waals surface area contributed by atoms with Crippen LogP contribution in [0.25, 0.3) is 0 Å². The molecule has 3 rings (SSSR count). The highest BCUT2D eigenvalue weighted by molar-refractivity contribution is 6.31. The van der Waals surface area contributed by atoms with Crippen LogP contribution in [0.2, 0.25) is 5.02 Å². The summed E-state index contributed by atoms with van der Waals surface area (Å²) in [6, 6.07) is 11.5. The van der Waals surface area contributed by atoms with E-state index in [1.54, 1.807) is 19.1 Å². The summed E-state index contributed by atoms with van der Waals surface area (Å²) in [5.74, 6) is 1.15. The maximum absolute atomic E-state index is 11.3. The molecule has 1 fully saturated rings. The Hall–Kier alpha value is -2.00. The van der Waals surface area contributed by atoms with Crippen LogP contribution in [-0.2, 0) is 0 Å². The van der Waals surface area contributed by atoms with Crippen molar-refractivity contribution in [1.29, 1.82) is 0 Å². The van der Waals surface area contributed by atoms with Crippen molar-refractivity contribution in [3.05, 3.63) is 58.1 Å². The molecule has 2 unspecified atom stereocenters. The standard InChI is InChI=1S/C21H23ClO3/c1-14-10-11-20(18(12-23)21(14)24)25-13-15-6-2-3-7-16(15)17-8-4-5-9-19(17)22/h4-5,8-12,15-16,24H,2-3,6-7,13H2,1H3. The van der Waals surface area contributed by atoms with Gasteiger partial charge in [0.25, 0.3) is 0 Å². The Balaban J connectivity index is 1.78. The van der Waals surface area contributed by atoms with E-state index >= 15 is 0 Å². The highest BCUT2D eigenvalue weighted by Gasteiger charge is 2.28. The van der Waals surface area contributed by atoms with Crippen LogP contribution in [0.5, 0.6) is 11.5 Å². The molecule has 0 aromatic heterocycles. The molecule has 132 valence electrons. The van der Waals surface area contributed by atoms with Crippen LogP contribution in [-0.4, -0.2) is 18.0 Å². The van der Waals surface area contributed by atoms with Crippen LogP contribution in [0.3, 0.4) is 0 Å². The monoisotopic (exact) mass is 358 g/mol. The first-order valence-corrected chi connectivity index (χ1v) is 9.14. The molecule has 4 heteroatoms. The predicted octanol–water partition coefficient (Wildman–Crippen LogP) is 5.52. The molecule has 25 heavy (non-hydrogen) atoms. The van der Waals surface area contributed by atoms with Crippen molar-refractivity contribution in [2.45, 2.75) is 38.5 Å². The molecular formula is C21H23ClO3. The zero-order chi connectivity index (χ0) is 17.8. The smallest absolute Gasteiger partial charge is 0.157 e. The number of phenolic OH excluding ortho intramolecular Hbond substituents is 1. The molecular weight excluding hydrogens is 336 g/mol. The minimum absolute atomic E-state index is 0.00111. The van der Waals surface area contributed by atoms with Gasteiger partial charge in [0.15, 0.2) is 6.29 Å². The third-order valence-electron chi connectivity index (χ3n) is 5.16. The van der Waals surface area contributed by atoms with Crippen molar-refractivity contribution in [2.75, 3.05) is 6.61 Å². The van der Waals surface area contributed by atoms with Gasteiger partial charge in [0.1, 0.15) is 11.5 Å². The van der Waals surface area contributed by atoms with E-state index in [2.05, 4.69) is 6.07 Å². The number of hydrogen-bond donors (Lipinski definition) is 1. The Morgan fingerprint density at radius 2 is 1.96 bits per heavy atom. The van der Waals surface area contributed by atoms with Crippen LogP contribution in [0, 0.1) is 12.8 Å². The maximum Gasteiger partial charge on any atom is 0.157 e. The van der Waals surface area contributed by atoms with Crippen molar-refractivity contribution in [2.24, 2.45) is 5.92 Å². The van der Waals surface area contributed by atoms with Gasteiger partial charge in [0, 0.05) is 5.02 Å². The summed E-state index contributed by atoms with van der Waals surface area (Å²) in [7, 11) is 0. The normalized spacial score (nSPS) is 20.2. The summed E-state index contributed by atoms with van der Waals surface area (Å²) >= 11 is 6.41. The number of carbonyl (C=O) groups is 1. The topological polar surface area (TPSA) is 46.5 Å². The molecule has 0 heterocycles. The summed E-state index contributed by atoms with van der Waals surface area (Å²) in [5, 5.41) is 10.9. The van der Waals surface area contributed by atoms with Crippen LogP contribution in [0.1, 0.15) is 53.1 Å². The van der Waals surface area contributed by atoms with Gasteiger partial charge in [0.2, 0.25) is 0 Å². The number of benzene rings is 2. The van der Waals surface area contributed by atoms with Gasteiger partial charge in [-0.15, -0.1) is 0 Å². The SMILES string of the molecule is Cc1ccc(OCC2CCCCC2c2ccccc2Cl)c(C=O)c1O. The average Bonchev–Trinajstić information content (AvgIpc) is 2.63. The molecule has 0 saturated heterocycles. The van der Waals surface area contributed by atoms with Crippen molar-refractivity contribution < 1.29 is 14.6 Å². The largest absolute Gasteiger partial charge is 0.507 e. The van der Waals surface area contributed by atoms with E-state index in [-0.39, 0.29) is 11.3 Å². The van der Waals surface area contributed by atoms with E-state index in [0.717, 1.165) is 17.9 Å². The molecule has 0 spiro atoms. The molecule has 3 nitrogen and oxygen atoms in total. The molecule has 2 aromatic rings. The fourth-order valence-corrected chi connectivity index (χ4v) is 4.00. The zero-order valence-electron chi connectivity index (χ0n) is 14.4. The second-order valence-corrected chi connectivity index (χ2v) is 7.15. The van der Waals surface area contributed by atoms with Crippen LogP contribution in [0.15, 0.2) is 36.4 Å². The number of carbonyl (C=O) groups excluding carboxylic acids is 1. The Morgan fingerprint density at radius 3 is 2.72 bits per heavy atom. The van der Waals surface area contributed by atoms with Gasteiger partial charge in [-0.3, -0.25) is 4.79 Å². The van der Waals surface area contributed by atoms with E-state index in [1.165, 1.54) is 18.4 Å². The summed E-state index contributed by atoms with van der Waals surface area (Å²) in [6.07, 6.45) is 5.19. The van der Waals surface area contributed by atoms with E-state index in [9.17, 15) is 9.90 Å². The van der Waals surface area contributed by atoms with Gasteiger partial charge in [0.05, 0.1) is 12.2 Å². The maximum atomic E-state index is 11.3. The highest BCUT2D eigenvalue weighted by atomic mass is 35.5. The molecule has 2 atom stereocenters. The lowest BCUT2D eigenvalue weighted by molar-refractivity contribution is 0.111. The number of aldehydes is 1. The molecule has 1 aliphatic carbocycles. The van der Waals surface area contributed by atoms with Crippen molar-refractivity contribution >= 4 is 17.9 Å². The molecule has 1 aliphatic rings. The fourth-order valence-electron chi connectivity index (χ4n) is 3.73. The van der Waals surface area contributed by atoms with Gasteiger partial charge in [-0.1, -0.05) is 48.7 Å². The Labute approximate surface area is 153 Å². The number of halogens is 1. The zero-order valence-corrected chi connectivity index (χ0v) is 15.1. The number of hydrogen-bond acceptors (Lipinski definition) is 3. The van der Waals surface area contributed by atoms with Crippen molar-refractivity contribution in [3.63, 3.8) is 0 Å². The van der Waals surface area contributed by atoms with Gasteiger partial charge < -0.3 is 9.84 Å². The second-order valence-electron chi connectivity index (χ2n) is 6.74. The number of rotatable bonds is 5. The van der Waals surface area contributed by atoms with Gasteiger partial charge in [-0.05, 0) is 54.9 Å². The first-order valence-electron chi connectivity index (χ1n) is 8.76. The Kier molecular flexibility index (Phi) is 5.64. The third-order valence-corrected chi connectivity index (χ3v) is 5.51. The molecule has 1 saturated carbocycles. The lowest BCUT2D eigenvalue weighted by atomic mass is 9.76. The molecule has 0 bridgehead atoms. The highest BCUT2D eigenvalue weighted by Crippen LogP contribution is 2.41. The minimum atomic E-state index is -0.00111. The average molecular weight is 359 g/mol. The van der Waals surface area contributed by atoms with Crippen LogP contribution >= 0.6 is 11.6 Å². The van der Waals surface area contributed by atoms with E-state index in [1.807, 2.05) is 18.2 Å². The number of aromatic hydroxyl groups is 1. The Morgan fingerprint density at radius 1 is 1.20 bits per heavy atom. The van der Waals surface area contributed by atoms with Crippen LogP contribution < -0.4 is 4.74 Å². The second kappa shape index (κ2) is 7.92. The molecule has 1 N–H and O–H groups in total. The summed E-state index contributed by atoms with van der Waals surface area (Å²) in [5.41, 5.74) is 2.07. The molecule has 0 amide bonds. The van der Waals surface area contributed by atoms with E-state index in [0.29, 0.717) is 36.0 Å². The quantitative estimate of drug-likeness (QED) is 0.716. The van der Waals surface area contributed by atoms with Gasteiger partial charge >= 0.3 is 0 Å². The summed E-state index contributed by atoms with van der Waals surface area (Å²) in [4.78, 5) is 11.3. The molecule has 2 aromatic carbocycles. The summed E-state index contributed by atoms with van der Waals surface area (Å²) in [6.45, 7) is 2.28. The third kappa shape index (κ3) is 3.82. The van der Waals surface area contributed by atoms with Gasteiger partial charge in [-0.2, -0.15) is 0 Å². The van der Waals surface area contributed by atoms with E-state index in [4.69, 9.17) is 16.3 Å². The Bertz CT molecular complexity index is 757. The number of ether oxygens (including phenoxy) is 1. The lowest BCUT2D eigenvalue weighted by Gasteiger charge is -2.32. The fraction of sp³-hybridized carbons (Fsp3) is 0.381. The lowest BCUT2D eigenvalue weighted by Crippen LogP contribution is -2.24. The van der Waals surface area contributed by atoms with E-state index < -0.39 is 0 Å². The van der Waals surface area contributed by atoms with Crippen molar-refractivity contribution in [1.82, 2.24) is 0 Å². The first-order chi connectivity index (χ1) is 12.1. The van der Waals surface area contributed by atoms with Gasteiger partial charge in [-0.25, -0.2) is 0 Å². The molecule has 0 aliphatic heterocycles. The summed E-state index contributed by atoms with van der Waals surface area (Å²) < 4.78 is 5.96. The van der Waals surface area contributed by atoms with Crippen LogP contribution in [0.4, 0.5) is 0 Å².